The van der Waals surface area contributed by atoms with Crippen LogP contribution in [0.2, 0.25) is 0 Å². The number of ether oxygens (including phenoxy) is 2. The lowest BCUT2D eigenvalue weighted by molar-refractivity contribution is 0.0521. The lowest BCUT2D eigenvalue weighted by Gasteiger charge is -2.13. The first-order valence-corrected chi connectivity index (χ1v) is 8.17. The number of rotatable bonds is 6. The molecule has 0 unspecified atom stereocenters. The molecule has 0 N–H and O–H groups in total. The van der Waals surface area contributed by atoms with Crippen LogP contribution in [0.25, 0.3) is 0 Å². The predicted octanol–water partition coefficient (Wildman–Crippen LogP) is 4.47. The molecule has 0 fully saturated rings. The summed E-state index contributed by atoms with van der Waals surface area (Å²) in [6, 6.07) is 13.8. The second-order valence-corrected chi connectivity index (χ2v) is 5.79. The third kappa shape index (κ3) is 3.83. The third-order valence-electron chi connectivity index (χ3n) is 3.29. The van der Waals surface area contributed by atoms with Gasteiger partial charge in [0, 0.05) is 10.6 Å². The Hall–Kier alpha value is -1.94. The number of carbonyl (C=O) groups is 1. The van der Waals surface area contributed by atoms with E-state index >= 15 is 0 Å². The number of hydrogen-bond acceptors (Lipinski definition) is 4. The van der Waals surface area contributed by atoms with Crippen molar-refractivity contribution in [2.45, 2.75) is 24.5 Å². The van der Waals surface area contributed by atoms with Crippen molar-refractivity contribution in [1.29, 1.82) is 0 Å². The average Bonchev–Trinajstić information content (AvgIpc) is 2.53. The molecule has 116 valence electrons. The van der Waals surface area contributed by atoms with Crippen molar-refractivity contribution in [1.82, 2.24) is 0 Å². The van der Waals surface area contributed by atoms with Crippen molar-refractivity contribution in [2.75, 3.05) is 13.7 Å². The fourth-order valence-electron chi connectivity index (χ4n) is 2.18. The van der Waals surface area contributed by atoms with Gasteiger partial charge < -0.3 is 9.47 Å². The molecular formula is C18H20O3S. The molecule has 0 heterocycles. The Kier molecular flexibility index (Phi) is 5.90. The van der Waals surface area contributed by atoms with Gasteiger partial charge in [0.25, 0.3) is 0 Å². The molecule has 2 rings (SSSR count). The van der Waals surface area contributed by atoms with Crippen LogP contribution in [-0.2, 0) is 10.5 Å². The Labute approximate surface area is 135 Å². The maximum atomic E-state index is 12.2. The van der Waals surface area contributed by atoms with E-state index in [0.717, 1.165) is 5.56 Å². The average molecular weight is 316 g/mol. The van der Waals surface area contributed by atoms with E-state index in [4.69, 9.17) is 9.47 Å². The van der Waals surface area contributed by atoms with Crippen LogP contribution in [-0.4, -0.2) is 19.7 Å². The molecule has 4 heteroatoms. The van der Waals surface area contributed by atoms with Gasteiger partial charge >= 0.3 is 5.97 Å². The molecule has 2 aromatic carbocycles. The van der Waals surface area contributed by atoms with E-state index in [-0.39, 0.29) is 5.97 Å². The van der Waals surface area contributed by atoms with E-state index in [1.807, 2.05) is 24.3 Å². The van der Waals surface area contributed by atoms with Crippen molar-refractivity contribution in [3.8, 4) is 5.75 Å². The summed E-state index contributed by atoms with van der Waals surface area (Å²) < 4.78 is 10.5. The van der Waals surface area contributed by atoms with Crippen LogP contribution >= 0.6 is 11.8 Å². The molecule has 2 aromatic rings. The van der Waals surface area contributed by atoms with Crippen LogP contribution < -0.4 is 4.74 Å². The summed E-state index contributed by atoms with van der Waals surface area (Å²) >= 11 is 1.71. The molecule has 0 aromatic heterocycles. The van der Waals surface area contributed by atoms with Crippen LogP contribution in [0.15, 0.2) is 47.4 Å². The number of aryl methyl sites for hydroxylation is 1. The van der Waals surface area contributed by atoms with E-state index < -0.39 is 0 Å². The second kappa shape index (κ2) is 7.90. The van der Waals surface area contributed by atoms with Crippen molar-refractivity contribution in [2.24, 2.45) is 0 Å². The van der Waals surface area contributed by atoms with Crippen molar-refractivity contribution >= 4 is 17.7 Å². The number of methoxy groups -OCH3 is 1. The first kappa shape index (κ1) is 16.4. The summed E-state index contributed by atoms with van der Waals surface area (Å²) in [5.74, 6) is 0.914. The number of thioether (sulfide) groups is 1. The van der Waals surface area contributed by atoms with Gasteiger partial charge in [-0.3, -0.25) is 0 Å². The Balaban J connectivity index is 2.27. The molecule has 0 spiro atoms. The van der Waals surface area contributed by atoms with Gasteiger partial charge in [-0.25, -0.2) is 4.79 Å². The van der Waals surface area contributed by atoms with Crippen molar-refractivity contribution in [3.05, 3.63) is 59.2 Å². The van der Waals surface area contributed by atoms with Crippen LogP contribution in [0.4, 0.5) is 0 Å². The predicted molar refractivity (Wildman–Crippen MR) is 89.7 cm³/mol. The minimum atomic E-state index is -0.333. The number of benzene rings is 2. The van der Waals surface area contributed by atoms with E-state index in [1.165, 1.54) is 10.5 Å². The summed E-state index contributed by atoms with van der Waals surface area (Å²) in [4.78, 5) is 13.4. The zero-order chi connectivity index (χ0) is 15.9. The summed E-state index contributed by atoms with van der Waals surface area (Å²) in [7, 11) is 1.57. The molecule has 0 atom stereocenters. The Morgan fingerprint density at radius 2 is 1.91 bits per heavy atom. The highest BCUT2D eigenvalue weighted by Crippen LogP contribution is 2.30. The topological polar surface area (TPSA) is 35.5 Å². The maximum absolute atomic E-state index is 12.2. The zero-order valence-corrected chi connectivity index (χ0v) is 13.9. The van der Waals surface area contributed by atoms with Gasteiger partial charge in [-0.2, -0.15) is 0 Å². The second-order valence-electron chi connectivity index (χ2n) is 4.77. The molecule has 0 aliphatic heterocycles. The van der Waals surface area contributed by atoms with Crippen LogP contribution in [0, 0.1) is 6.92 Å². The highest BCUT2D eigenvalue weighted by Gasteiger charge is 2.18. The maximum Gasteiger partial charge on any atom is 0.342 e. The molecule has 0 bridgehead atoms. The van der Waals surface area contributed by atoms with Gasteiger partial charge in [0.1, 0.15) is 11.3 Å². The fraction of sp³-hybridized carbons (Fsp3) is 0.278. The standard InChI is InChI=1S/C18H20O3S/c1-4-21-18(19)17-14(9-7-10-15(17)20-3)12-22-16-11-6-5-8-13(16)2/h5-11H,4,12H2,1-3H3. The van der Waals surface area contributed by atoms with E-state index in [1.54, 1.807) is 31.9 Å². The summed E-state index contributed by atoms with van der Waals surface area (Å²) in [6.07, 6.45) is 0. The summed E-state index contributed by atoms with van der Waals surface area (Å²) in [5.41, 5.74) is 2.67. The molecule has 3 nitrogen and oxygen atoms in total. The normalized spacial score (nSPS) is 10.3. The molecule has 0 aliphatic rings. The Morgan fingerprint density at radius 3 is 2.59 bits per heavy atom. The van der Waals surface area contributed by atoms with E-state index in [0.29, 0.717) is 23.7 Å². The molecular weight excluding hydrogens is 296 g/mol. The lowest BCUT2D eigenvalue weighted by atomic mass is 10.1. The largest absolute Gasteiger partial charge is 0.496 e. The van der Waals surface area contributed by atoms with Gasteiger partial charge in [-0.15, -0.1) is 11.8 Å². The minimum absolute atomic E-state index is 0.333. The smallest absolute Gasteiger partial charge is 0.342 e. The SMILES string of the molecule is CCOC(=O)c1c(CSc2ccccc2C)cccc1OC. The van der Waals surface area contributed by atoms with Crippen molar-refractivity contribution in [3.63, 3.8) is 0 Å². The van der Waals surface area contributed by atoms with Gasteiger partial charge in [-0.05, 0) is 37.1 Å². The van der Waals surface area contributed by atoms with Gasteiger partial charge in [0.15, 0.2) is 0 Å². The van der Waals surface area contributed by atoms with Gasteiger partial charge in [0.05, 0.1) is 13.7 Å². The summed E-state index contributed by atoms with van der Waals surface area (Å²) in [5, 5.41) is 0. The first-order valence-electron chi connectivity index (χ1n) is 7.18. The molecule has 0 amide bonds. The molecule has 0 saturated heterocycles. The zero-order valence-electron chi connectivity index (χ0n) is 13.1. The number of esters is 1. The monoisotopic (exact) mass is 316 g/mol. The lowest BCUT2D eigenvalue weighted by Crippen LogP contribution is -2.10. The van der Waals surface area contributed by atoms with E-state index in [2.05, 4.69) is 19.1 Å². The molecule has 22 heavy (non-hydrogen) atoms. The van der Waals surface area contributed by atoms with Gasteiger partial charge in [-0.1, -0.05) is 30.3 Å². The van der Waals surface area contributed by atoms with Crippen molar-refractivity contribution < 1.29 is 14.3 Å². The Morgan fingerprint density at radius 1 is 1.14 bits per heavy atom. The highest BCUT2D eigenvalue weighted by atomic mass is 32.2. The minimum Gasteiger partial charge on any atom is -0.496 e. The van der Waals surface area contributed by atoms with E-state index in [9.17, 15) is 4.79 Å². The number of hydrogen-bond donors (Lipinski definition) is 0. The summed E-state index contributed by atoms with van der Waals surface area (Å²) in [6.45, 7) is 4.23. The first-order chi connectivity index (χ1) is 10.7. The number of carbonyl (C=O) groups excluding carboxylic acids is 1. The quantitative estimate of drug-likeness (QED) is 0.582. The van der Waals surface area contributed by atoms with Crippen LogP contribution in [0.3, 0.4) is 0 Å². The highest BCUT2D eigenvalue weighted by molar-refractivity contribution is 7.98. The van der Waals surface area contributed by atoms with Crippen LogP contribution in [0.5, 0.6) is 5.75 Å². The molecule has 0 aliphatic carbocycles. The Bertz CT molecular complexity index is 653. The molecule has 0 saturated carbocycles. The third-order valence-corrected chi connectivity index (χ3v) is 4.51. The fourth-order valence-corrected chi connectivity index (χ4v) is 3.20. The van der Waals surface area contributed by atoms with Gasteiger partial charge in [0.2, 0.25) is 0 Å². The van der Waals surface area contributed by atoms with Crippen LogP contribution in [0.1, 0.15) is 28.4 Å². The molecule has 0 radical (unpaired) electrons.